The highest BCUT2D eigenvalue weighted by Gasteiger charge is 2.36. The number of aromatic nitrogens is 2. The lowest BCUT2D eigenvalue weighted by molar-refractivity contribution is -0.137. The molecule has 0 radical (unpaired) electrons. The fraction of sp³-hybridized carbons (Fsp3) is 0.412. The summed E-state index contributed by atoms with van der Waals surface area (Å²) in [5.74, 6) is -0.107. The van der Waals surface area contributed by atoms with Crippen LogP contribution in [-0.4, -0.2) is 46.4 Å². The van der Waals surface area contributed by atoms with E-state index in [1.807, 2.05) is 7.05 Å². The molecular weight excluding hydrogens is 369 g/mol. The molecule has 9 heteroatoms. The Morgan fingerprint density at radius 3 is 2.65 bits per heavy atom. The first-order valence-corrected chi connectivity index (χ1v) is 8.50. The standard InChI is InChI=1S/C17H18ClF3N4O/c1-25-6-2-3-11(9-25)22-15-5-4-13(23-24-15)16-12(17(19,20)21)7-10(18)8-14(16)26/h4-5,7-8,11,26H,2-3,6,9H2,1H3,(H,22,24)/t11-/m0/s1. The van der Waals surface area contributed by atoms with E-state index in [9.17, 15) is 18.3 Å². The van der Waals surface area contributed by atoms with Gasteiger partial charge >= 0.3 is 6.18 Å². The first-order valence-electron chi connectivity index (χ1n) is 8.13. The van der Waals surface area contributed by atoms with Crippen LogP contribution < -0.4 is 5.32 Å². The van der Waals surface area contributed by atoms with E-state index in [-0.39, 0.29) is 16.8 Å². The summed E-state index contributed by atoms with van der Waals surface area (Å²) in [6.45, 7) is 1.90. The second kappa shape index (κ2) is 7.28. The Morgan fingerprint density at radius 2 is 2.04 bits per heavy atom. The molecule has 1 aliphatic heterocycles. The average Bonchev–Trinajstić information content (AvgIpc) is 2.54. The second-order valence-corrected chi connectivity index (χ2v) is 6.83. The average molecular weight is 387 g/mol. The normalized spacial score (nSPS) is 18.7. The summed E-state index contributed by atoms with van der Waals surface area (Å²) >= 11 is 5.65. The third kappa shape index (κ3) is 4.19. The number of rotatable bonds is 3. The third-order valence-electron chi connectivity index (χ3n) is 4.28. The fourth-order valence-electron chi connectivity index (χ4n) is 3.12. The number of likely N-dealkylation sites (tertiary alicyclic amines) is 1. The lowest BCUT2D eigenvalue weighted by Crippen LogP contribution is -2.39. The minimum Gasteiger partial charge on any atom is -0.507 e. The summed E-state index contributed by atoms with van der Waals surface area (Å²) in [7, 11) is 2.03. The molecule has 0 amide bonds. The van der Waals surface area contributed by atoms with Gasteiger partial charge in [0, 0.05) is 17.6 Å². The molecule has 140 valence electrons. The molecule has 0 saturated carbocycles. The van der Waals surface area contributed by atoms with Gasteiger partial charge in [0.2, 0.25) is 0 Å². The zero-order valence-electron chi connectivity index (χ0n) is 14.0. The number of piperidine rings is 1. The number of phenolic OH excluding ortho intramolecular Hbond substituents is 1. The van der Waals surface area contributed by atoms with Crippen LogP contribution in [0.25, 0.3) is 11.3 Å². The molecule has 2 N–H and O–H groups in total. The van der Waals surface area contributed by atoms with Crippen LogP contribution in [-0.2, 0) is 6.18 Å². The molecule has 5 nitrogen and oxygen atoms in total. The molecule has 0 aliphatic carbocycles. The van der Waals surface area contributed by atoms with Crippen LogP contribution in [0.15, 0.2) is 24.3 Å². The molecule has 3 rings (SSSR count). The maximum absolute atomic E-state index is 13.3. The number of hydrogen-bond donors (Lipinski definition) is 2. The largest absolute Gasteiger partial charge is 0.507 e. The van der Waals surface area contributed by atoms with Crippen molar-refractivity contribution in [2.24, 2.45) is 0 Å². The maximum Gasteiger partial charge on any atom is 0.417 e. The van der Waals surface area contributed by atoms with Crippen molar-refractivity contribution in [1.82, 2.24) is 15.1 Å². The zero-order valence-corrected chi connectivity index (χ0v) is 14.8. The van der Waals surface area contributed by atoms with E-state index in [1.165, 1.54) is 6.07 Å². The third-order valence-corrected chi connectivity index (χ3v) is 4.50. The summed E-state index contributed by atoms with van der Waals surface area (Å²) < 4.78 is 39.9. The van der Waals surface area contributed by atoms with Crippen molar-refractivity contribution in [1.29, 1.82) is 0 Å². The van der Waals surface area contributed by atoms with E-state index in [0.29, 0.717) is 5.82 Å². The molecule has 1 aliphatic rings. The Morgan fingerprint density at radius 1 is 1.27 bits per heavy atom. The summed E-state index contributed by atoms with van der Waals surface area (Å²) in [6.07, 6.45) is -2.62. The van der Waals surface area contributed by atoms with Gasteiger partial charge in [0.15, 0.2) is 0 Å². The van der Waals surface area contributed by atoms with E-state index in [2.05, 4.69) is 20.4 Å². The van der Waals surface area contributed by atoms with Crippen LogP contribution in [0.3, 0.4) is 0 Å². The van der Waals surface area contributed by atoms with Gasteiger partial charge in [-0.25, -0.2) is 0 Å². The van der Waals surface area contributed by atoms with Crippen LogP contribution >= 0.6 is 11.6 Å². The van der Waals surface area contributed by atoms with Crippen LogP contribution in [0.5, 0.6) is 5.75 Å². The van der Waals surface area contributed by atoms with Crippen LogP contribution in [0.2, 0.25) is 5.02 Å². The van der Waals surface area contributed by atoms with Crippen molar-refractivity contribution in [3.8, 4) is 17.0 Å². The van der Waals surface area contributed by atoms with Gasteiger partial charge in [0.1, 0.15) is 11.6 Å². The Bertz CT molecular complexity index is 783. The zero-order chi connectivity index (χ0) is 18.9. The molecule has 26 heavy (non-hydrogen) atoms. The van der Waals surface area contributed by atoms with Gasteiger partial charge in [0.05, 0.1) is 16.8 Å². The van der Waals surface area contributed by atoms with Crippen LogP contribution in [0.1, 0.15) is 18.4 Å². The molecule has 1 aromatic carbocycles. The smallest absolute Gasteiger partial charge is 0.417 e. The number of nitrogens with zero attached hydrogens (tertiary/aromatic N) is 3. The van der Waals surface area contributed by atoms with Crippen molar-refractivity contribution < 1.29 is 18.3 Å². The van der Waals surface area contributed by atoms with Crippen molar-refractivity contribution in [3.63, 3.8) is 0 Å². The van der Waals surface area contributed by atoms with Crippen molar-refractivity contribution in [2.45, 2.75) is 25.1 Å². The number of benzene rings is 1. The Labute approximate surface area is 153 Å². The van der Waals surface area contributed by atoms with E-state index in [4.69, 9.17) is 11.6 Å². The topological polar surface area (TPSA) is 61.3 Å². The minimum atomic E-state index is -4.68. The van der Waals surface area contributed by atoms with Gasteiger partial charge in [-0.2, -0.15) is 13.2 Å². The molecule has 1 saturated heterocycles. The Kier molecular flexibility index (Phi) is 5.24. The highest BCUT2D eigenvalue weighted by atomic mass is 35.5. The quantitative estimate of drug-likeness (QED) is 0.834. The predicted molar refractivity (Wildman–Crippen MR) is 93.3 cm³/mol. The van der Waals surface area contributed by atoms with Gasteiger partial charge < -0.3 is 15.3 Å². The number of anilines is 1. The molecule has 1 aromatic heterocycles. The van der Waals surface area contributed by atoms with Gasteiger partial charge in [-0.1, -0.05) is 11.6 Å². The van der Waals surface area contributed by atoms with Crippen LogP contribution in [0.4, 0.5) is 19.0 Å². The molecule has 0 bridgehead atoms. The van der Waals surface area contributed by atoms with Crippen molar-refractivity contribution in [3.05, 3.63) is 34.9 Å². The molecule has 0 unspecified atom stereocenters. The molecule has 2 aromatic rings. The molecule has 1 atom stereocenters. The van der Waals surface area contributed by atoms with Gasteiger partial charge in [0.25, 0.3) is 0 Å². The minimum absolute atomic E-state index is 0.0715. The predicted octanol–water partition coefficient (Wildman–Crippen LogP) is 4.03. The highest BCUT2D eigenvalue weighted by Crippen LogP contribution is 2.42. The number of alkyl halides is 3. The maximum atomic E-state index is 13.3. The highest BCUT2D eigenvalue weighted by molar-refractivity contribution is 6.31. The first-order chi connectivity index (χ1) is 12.2. The number of aromatic hydroxyl groups is 1. The first kappa shape index (κ1) is 18.7. The monoisotopic (exact) mass is 386 g/mol. The second-order valence-electron chi connectivity index (χ2n) is 6.39. The molecular formula is C17H18ClF3N4O. The van der Waals surface area contributed by atoms with Gasteiger partial charge in [-0.3, -0.25) is 0 Å². The molecule has 2 heterocycles. The number of halogens is 4. The number of likely N-dealkylation sites (N-methyl/N-ethyl adjacent to an activating group) is 1. The lowest BCUT2D eigenvalue weighted by atomic mass is 10.0. The Hall–Kier alpha value is -2.06. The molecule has 1 fully saturated rings. The molecule has 0 spiro atoms. The van der Waals surface area contributed by atoms with E-state index < -0.39 is 23.1 Å². The summed E-state index contributed by atoms with van der Waals surface area (Å²) in [4.78, 5) is 2.20. The number of hydrogen-bond acceptors (Lipinski definition) is 5. The number of nitrogens with one attached hydrogen (secondary N) is 1. The summed E-state index contributed by atoms with van der Waals surface area (Å²) in [5.41, 5.74) is -1.55. The fourth-order valence-corrected chi connectivity index (χ4v) is 3.33. The van der Waals surface area contributed by atoms with E-state index in [1.54, 1.807) is 6.07 Å². The van der Waals surface area contributed by atoms with Crippen molar-refractivity contribution >= 4 is 17.4 Å². The summed E-state index contributed by atoms with van der Waals surface area (Å²) in [5, 5.41) is 20.8. The Balaban J connectivity index is 1.87. The SMILES string of the molecule is CN1CCC[C@H](Nc2ccc(-c3c(O)cc(Cl)cc3C(F)(F)F)nn2)C1. The van der Waals surface area contributed by atoms with E-state index >= 15 is 0 Å². The summed E-state index contributed by atoms with van der Waals surface area (Å²) in [6, 6.07) is 4.99. The van der Waals surface area contributed by atoms with Crippen molar-refractivity contribution in [2.75, 3.05) is 25.5 Å². The van der Waals surface area contributed by atoms with Crippen LogP contribution in [0, 0.1) is 0 Å². The van der Waals surface area contributed by atoms with E-state index in [0.717, 1.165) is 38.1 Å². The van der Waals surface area contributed by atoms with Gasteiger partial charge in [-0.05, 0) is 50.7 Å². The van der Waals surface area contributed by atoms with Gasteiger partial charge in [-0.15, -0.1) is 10.2 Å². The lowest BCUT2D eigenvalue weighted by Gasteiger charge is -2.30. The number of phenols is 1.